The largest absolute Gasteiger partial charge is 0.481 e. The zero-order valence-corrected chi connectivity index (χ0v) is 22.0. The van der Waals surface area contributed by atoms with E-state index in [-0.39, 0.29) is 28.2 Å². The van der Waals surface area contributed by atoms with E-state index >= 15 is 0 Å². The number of anilines is 1. The number of rotatable bonds is 10. The molecule has 0 saturated carbocycles. The number of amidine groups is 1. The SMILES string of the molecule is CC1SC(Nc2cccc(CCc3ccc(S(=O)(=O)CC(CC(=O)O)c4ccccc4)cc3)c2)=NC1=O. The number of carbonyl (C=O) groups is 2. The summed E-state index contributed by atoms with van der Waals surface area (Å²) in [5, 5.41) is 12.9. The van der Waals surface area contributed by atoms with Crippen LogP contribution in [0, 0.1) is 0 Å². The van der Waals surface area contributed by atoms with Gasteiger partial charge in [-0.25, -0.2) is 8.42 Å². The van der Waals surface area contributed by atoms with Crippen molar-refractivity contribution >= 4 is 44.3 Å². The van der Waals surface area contributed by atoms with Gasteiger partial charge in [0.25, 0.3) is 5.91 Å². The van der Waals surface area contributed by atoms with Gasteiger partial charge in [0.2, 0.25) is 0 Å². The average molecular weight is 537 g/mol. The van der Waals surface area contributed by atoms with E-state index < -0.39 is 21.7 Å². The van der Waals surface area contributed by atoms with E-state index in [9.17, 15) is 23.1 Å². The van der Waals surface area contributed by atoms with Gasteiger partial charge in [0.05, 0.1) is 22.3 Å². The maximum atomic E-state index is 13.1. The Balaban J connectivity index is 1.38. The molecule has 3 aromatic carbocycles. The molecule has 2 atom stereocenters. The van der Waals surface area contributed by atoms with Crippen LogP contribution in [0.25, 0.3) is 0 Å². The Kier molecular flexibility index (Phi) is 8.45. The van der Waals surface area contributed by atoms with Gasteiger partial charge >= 0.3 is 5.97 Å². The fourth-order valence-corrected chi connectivity index (χ4v) is 6.53. The number of benzene rings is 3. The Morgan fingerprint density at radius 3 is 2.35 bits per heavy atom. The Hall–Kier alpha value is -3.43. The number of hydrogen-bond acceptors (Lipinski definition) is 6. The third-order valence-corrected chi connectivity index (χ3v) is 8.93. The lowest BCUT2D eigenvalue weighted by Gasteiger charge is -2.16. The number of nitrogens with one attached hydrogen (secondary N) is 1. The third-order valence-electron chi connectivity index (χ3n) is 6.12. The molecule has 2 unspecified atom stereocenters. The second-order valence-corrected chi connectivity index (χ2v) is 12.3. The number of hydrogen-bond donors (Lipinski definition) is 2. The molecular formula is C28H28N2O5S2. The molecule has 0 saturated heterocycles. The summed E-state index contributed by atoms with van der Waals surface area (Å²) in [6.45, 7) is 1.83. The number of aryl methyl sites for hydroxylation is 2. The molecule has 7 nitrogen and oxygen atoms in total. The van der Waals surface area contributed by atoms with Crippen LogP contribution in [0.2, 0.25) is 0 Å². The lowest BCUT2D eigenvalue weighted by atomic mass is 9.98. The highest BCUT2D eigenvalue weighted by Crippen LogP contribution is 2.26. The number of carboxylic acid groups (broad SMARTS) is 1. The van der Waals surface area contributed by atoms with Crippen molar-refractivity contribution in [3.05, 3.63) is 95.6 Å². The lowest BCUT2D eigenvalue weighted by Crippen LogP contribution is -2.18. The van der Waals surface area contributed by atoms with E-state index in [4.69, 9.17) is 0 Å². The van der Waals surface area contributed by atoms with Crippen LogP contribution in [-0.4, -0.2) is 41.6 Å². The fourth-order valence-electron chi connectivity index (χ4n) is 4.14. The van der Waals surface area contributed by atoms with Crippen LogP contribution in [0.4, 0.5) is 5.69 Å². The second-order valence-electron chi connectivity index (χ2n) is 8.97. The first-order chi connectivity index (χ1) is 17.7. The predicted molar refractivity (Wildman–Crippen MR) is 147 cm³/mol. The number of sulfone groups is 1. The number of thioether (sulfide) groups is 1. The summed E-state index contributed by atoms with van der Waals surface area (Å²) in [4.78, 5) is 27.2. The maximum Gasteiger partial charge on any atom is 0.303 e. The lowest BCUT2D eigenvalue weighted by molar-refractivity contribution is -0.137. The summed E-state index contributed by atoms with van der Waals surface area (Å²) in [5.74, 6) is -2.06. The van der Waals surface area contributed by atoms with Gasteiger partial charge in [-0.1, -0.05) is 66.4 Å². The summed E-state index contributed by atoms with van der Waals surface area (Å²) in [5.41, 5.74) is 3.66. The van der Waals surface area contributed by atoms with E-state index in [1.807, 2.05) is 37.3 Å². The molecule has 2 N–H and O–H groups in total. The van der Waals surface area contributed by atoms with Gasteiger partial charge in [-0.15, -0.1) is 0 Å². The van der Waals surface area contributed by atoms with Crippen LogP contribution in [-0.2, 0) is 32.3 Å². The summed E-state index contributed by atoms with van der Waals surface area (Å²) in [6.07, 6.45) is 1.22. The van der Waals surface area contributed by atoms with Crippen molar-refractivity contribution in [2.45, 2.75) is 42.2 Å². The van der Waals surface area contributed by atoms with Gasteiger partial charge in [0, 0.05) is 11.6 Å². The maximum absolute atomic E-state index is 13.1. The van der Waals surface area contributed by atoms with E-state index in [1.165, 1.54) is 11.8 Å². The van der Waals surface area contributed by atoms with Crippen LogP contribution in [0.1, 0.15) is 36.0 Å². The van der Waals surface area contributed by atoms with Gasteiger partial charge in [0.15, 0.2) is 15.0 Å². The first-order valence-electron chi connectivity index (χ1n) is 11.9. The molecule has 37 heavy (non-hydrogen) atoms. The van der Waals surface area contributed by atoms with Crippen LogP contribution < -0.4 is 5.32 Å². The third kappa shape index (κ3) is 7.30. The second kappa shape index (κ2) is 11.7. The van der Waals surface area contributed by atoms with Crippen LogP contribution >= 0.6 is 11.8 Å². The van der Waals surface area contributed by atoms with Crippen molar-refractivity contribution in [2.75, 3.05) is 11.1 Å². The molecule has 0 radical (unpaired) electrons. The predicted octanol–water partition coefficient (Wildman–Crippen LogP) is 4.93. The molecule has 192 valence electrons. The highest BCUT2D eigenvalue weighted by Gasteiger charge is 2.25. The first-order valence-corrected chi connectivity index (χ1v) is 14.5. The Morgan fingerprint density at radius 1 is 1.00 bits per heavy atom. The number of carboxylic acids is 1. The van der Waals surface area contributed by atoms with Crippen molar-refractivity contribution < 1.29 is 23.1 Å². The number of aliphatic carboxylic acids is 1. The Labute approximate surface area is 221 Å². The minimum Gasteiger partial charge on any atom is -0.481 e. The van der Waals surface area contributed by atoms with E-state index in [2.05, 4.69) is 10.3 Å². The zero-order valence-electron chi connectivity index (χ0n) is 20.3. The molecule has 1 aliphatic rings. The molecule has 0 fully saturated rings. The number of carbonyl (C=O) groups excluding carboxylic acids is 1. The molecule has 9 heteroatoms. The highest BCUT2D eigenvalue weighted by atomic mass is 32.2. The quantitative estimate of drug-likeness (QED) is 0.378. The summed E-state index contributed by atoms with van der Waals surface area (Å²) in [7, 11) is -3.67. The van der Waals surface area contributed by atoms with Crippen LogP contribution in [0.3, 0.4) is 0 Å². The normalized spacial score (nSPS) is 16.3. The zero-order chi connectivity index (χ0) is 26.4. The molecule has 0 spiro atoms. The first kappa shape index (κ1) is 26.6. The van der Waals surface area contributed by atoms with Crippen molar-refractivity contribution in [1.29, 1.82) is 0 Å². The van der Waals surface area contributed by atoms with E-state index in [0.29, 0.717) is 10.7 Å². The number of amides is 1. The molecule has 4 rings (SSSR count). The van der Waals surface area contributed by atoms with E-state index in [1.54, 1.807) is 48.5 Å². The Morgan fingerprint density at radius 2 is 1.70 bits per heavy atom. The molecule has 1 aliphatic heterocycles. The van der Waals surface area contributed by atoms with Gasteiger partial charge in [-0.05, 0) is 60.7 Å². The van der Waals surface area contributed by atoms with Crippen molar-refractivity contribution in [3.63, 3.8) is 0 Å². The minimum absolute atomic E-state index is 0.133. The van der Waals surface area contributed by atoms with Crippen molar-refractivity contribution in [2.24, 2.45) is 4.99 Å². The van der Waals surface area contributed by atoms with Crippen molar-refractivity contribution in [3.8, 4) is 0 Å². The van der Waals surface area contributed by atoms with E-state index in [0.717, 1.165) is 29.7 Å². The minimum atomic E-state index is -3.67. The molecular weight excluding hydrogens is 508 g/mol. The summed E-state index contributed by atoms with van der Waals surface area (Å²) in [6, 6.07) is 23.6. The average Bonchev–Trinajstić information content (AvgIpc) is 3.19. The van der Waals surface area contributed by atoms with Gasteiger partial charge in [-0.2, -0.15) is 4.99 Å². The standard InChI is InChI=1S/C28H28N2O5S2/c1-19-27(33)30-28(36-19)29-24-9-5-6-21(16-24)11-10-20-12-14-25(15-13-20)37(34,35)18-23(17-26(31)32)22-7-3-2-4-8-22/h2-9,12-16,19,23H,10-11,17-18H2,1H3,(H,31,32)(H,29,30,33). The molecule has 0 bridgehead atoms. The van der Waals surface area contributed by atoms with Crippen LogP contribution in [0.15, 0.2) is 88.8 Å². The van der Waals surface area contributed by atoms with Crippen molar-refractivity contribution in [1.82, 2.24) is 0 Å². The van der Waals surface area contributed by atoms with Crippen LogP contribution in [0.5, 0.6) is 0 Å². The molecule has 1 amide bonds. The number of aliphatic imine (C=N–C) groups is 1. The monoisotopic (exact) mass is 536 g/mol. The molecule has 1 heterocycles. The van der Waals surface area contributed by atoms with Gasteiger partial charge in [-0.3, -0.25) is 9.59 Å². The topological polar surface area (TPSA) is 113 Å². The smallest absolute Gasteiger partial charge is 0.303 e. The highest BCUT2D eigenvalue weighted by molar-refractivity contribution is 8.15. The number of nitrogens with zero attached hydrogens (tertiary/aromatic N) is 1. The summed E-state index contributed by atoms with van der Waals surface area (Å²) < 4.78 is 26.2. The summed E-state index contributed by atoms with van der Waals surface area (Å²) >= 11 is 1.40. The molecule has 0 aliphatic carbocycles. The van der Waals surface area contributed by atoms with Gasteiger partial charge < -0.3 is 10.4 Å². The molecule has 0 aromatic heterocycles. The Bertz CT molecular complexity index is 1400. The fraction of sp³-hybridized carbons (Fsp3) is 0.250. The van der Waals surface area contributed by atoms with Gasteiger partial charge in [0.1, 0.15) is 0 Å². The molecule has 3 aromatic rings.